The molecule has 1 N–H and O–H groups in total. The summed E-state index contributed by atoms with van der Waals surface area (Å²) in [6, 6.07) is 0. The van der Waals surface area contributed by atoms with Crippen LogP contribution >= 0.6 is 23.6 Å². The number of carbonyl (C=O) groups is 1. The van der Waals surface area contributed by atoms with E-state index < -0.39 is 5.97 Å². The number of unbranched alkanes of at least 4 members (excludes halogenated alkanes) is 1. The van der Waals surface area contributed by atoms with Crippen LogP contribution in [-0.4, -0.2) is 15.6 Å². The first-order valence-electron chi connectivity index (χ1n) is 4.48. The zero-order chi connectivity index (χ0) is 10.6. The van der Waals surface area contributed by atoms with Gasteiger partial charge in [-0.3, -0.25) is 4.79 Å². The van der Waals surface area contributed by atoms with Gasteiger partial charge in [0, 0.05) is 24.0 Å². The molecule has 1 aromatic rings. The summed E-state index contributed by atoms with van der Waals surface area (Å²) in [7, 11) is 0. The molecule has 5 heteroatoms. The Morgan fingerprint density at radius 2 is 2.36 bits per heavy atom. The monoisotopic (exact) mass is 231 g/mol. The summed E-state index contributed by atoms with van der Waals surface area (Å²) in [4.78, 5) is 10.3. The summed E-state index contributed by atoms with van der Waals surface area (Å²) in [5, 5.41) is 10.5. The molecule has 1 aromatic heterocycles. The van der Waals surface area contributed by atoms with E-state index in [1.165, 1.54) is 0 Å². The van der Waals surface area contributed by atoms with E-state index in [-0.39, 0.29) is 6.42 Å². The minimum absolute atomic E-state index is 0.247. The van der Waals surface area contributed by atoms with Gasteiger partial charge in [0.15, 0.2) is 3.95 Å². The summed E-state index contributed by atoms with van der Waals surface area (Å²) in [6.45, 7) is 2.85. The lowest BCUT2D eigenvalue weighted by Crippen LogP contribution is -2.01. The van der Waals surface area contributed by atoms with Gasteiger partial charge in [-0.25, -0.2) is 0 Å². The maximum Gasteiger partial charge on any atom is 0.303 e. The van der Waals surface area contributed by atoms with Gasteiger partial charge < -0.3 is 9.67 Å². The summed E-state index contributed by atoms with van der Waals surface area (Å²) in [6.07, 6.45) is 1.83. The van der Waals surface area contributed by atoms with Crippen LogP contribution in [0.25, 0.3) is 0 Å². The standard InChI is InChI=1S/C9H13NO2S2/c1-7-6-14-9(13)10(7)5-3-2-4-8(11)12/h6H,2-5H2,1H3,(H,11,12). The number of nitrogens with zero attached hydrogens (tertiary/aromatic N) is 1. The van der Waals surface area contributed by atoms with Crippen molar-refractivity contribution < 1.29 is 9.90 Å². The smallest absolute Gasteiger partial charge is 0.303 e. The SMILES string of the molecule is Cc1csc(=S)n1CCCCC(=O)O. The van der Waals surface area contributed by atoms with Crippen molar-refractivity contribution in [1.82, 2.24) is 4.57 Å². The Hall–Kier alpha value is -0.680. The zero-order valence-corrected chi connectivity index (χ0v) is 9.66. The Kier molecular flexibility index (Phi) is 4.28. The van der Waals surface area contributed by atoms with Crippen molar-refractivity contribution in [3.8, 4) is 0 Å². The van der Waals surface area contributed by atoms with Crippen molar-refractivity contribution in [2.75, 3.05) is 0 Å². The third kappa shape index (κ3) is 3.23. The minimum atomic E-state index is -0.726. The van der Waals surface area contributed by atoms with Crippen LogP contribution in [0.15, 0.2) is 5.38 Å². The molecule has 0 aliphatic rings. The Labute approximate surface area is 92.0 Å². The molecule has 0 aliphatic carbocycles. The van der Waals surface area contributed by atoms with Crippen LogP contribution < -0.4 is 0 Å². The predicted octanol–water partition coefficient (Wildman–Crippen LogP) is 2.84. The maximum atomic E-state index is 10.3. The Morgan fingerprint density at radius 1 is 1.64 bits per heavy atom. The van der Waals surface area contributed by atoms with E-state index in [1.54, 1.807) is 11.3 Å². The van der Waals surface area contributed by atoms with E-state index in [0.29, 0.717) is 6.42 Å². The molecule has 0 saturated carbocycles. The van der Waals surface area contributed by atoms with Gasteiger partial charge in [0.2, 0.25) is 0 Å². The summed E-state index contributed by atoms with van der Waals surface area (Å²) < 4.78 is 2.93. The van der Waals surface area contributed by atoms with Crippen LogP contribution in [-0.2, 0) is 11.3 Å². The van der Waals surface area contributed by atoms with Crippen molar-refractivity contribution >= 4 is 29.5 Å². The van der Waals surface area contributed by atoms with Gasteiger partial charge >= 0.3 is 5.97 Å². The Bertz CT molecular complexity index is 367. The highest BCUT2D eigenvalue weighted by Gasteiger charge is 2.00. The van der Waals surface area contributed by atoms with Crippen LogP contribution in [0.5, 0.6) is 0 Å². The molecule has 0 fully saturated rings. The molecule has 0 radical (unpaired) electrons. The minimum Gasteiger partial charge on any atom is -0.481 e. The molecular formula is C9H13NO2S2. The summed E-state index contributed by atoms with van der Waals surface area (Å²) >= 11 is 6.70. The molecule has 1 heterocycles. The second kappa shape index (κ2) is 5.26. The molecule has 1 rings (SSSR count). The molecule has 0 spiro atoms. The molecule has 78 valence electrons. The third-order valence-corrected chi connectivity index (χ3v) is 3.39. The second-order valence-electron chi connectivity index (χ2n) is 3.15. The molecule has 14 heavy (non-hydrogen) atoms. The molecule has 0 aromatic carbocycles. The van der Waals surface area contributed by atoms with Gasteiger partial charge in [-0.1, -0.05) is 0 Å². The lowest BCUT2D eigenvalue weighted by atomic mass is 10.2. The fourth-order valence-electron chi connectivity index (χ4n) is 1.22. The molecule has 0 unspecified atom stereocenters. The largest absolute Gasteiger partial charge is 0.481 e. The van der Waals surface area contributed by atoms with Crippen molar-refractivity contribution in [3.63, 3.8) is 0 Å². The molecular weight excluding hydrogens is 218 g/mol. The first-order valence-corrected chi connectivity index (χ1v) is 5.77. The fraction of sp³-hybridized carbons (Fsp3) is 0.556. The van der Waals surface area contributed by atoms with Gasteiger partial charge in [0.05, 0.1) is 0 Å². The fourth-order valence-corrected chi connectivity index (χ4v) is 2.36. The number of hydrogen-bond acceptors (Lipinski definition) is 3. The van der Waals surface area contributed by atoms with Crippen LogP contribution in [0.1, 0.15) is 25.0 Å². The number of carboxylic acids is 1. The number of hydrogen-bond donors (Lipinski definition) is 1. The molecule has 0 bridgehead atoms. The van der Waals surface area contributed by atoms with Crippen LogP contribution in [0.4, 0.5) is 0 Å². The van der Waals surface area contributed by atoms with Gasteiger partial charge in [0.1, 0.15) is 0 Å². The van der Waals surface area contributed by atoms with E-state index >= 15 is 0 Å². The van der Waals surface area contributed by atoms with Gasteiger partial charge in [-0.15, -0.1) is 11.3 Å². The van der Waals surface area contributed by atoms with E-state index in [9.17, 15) is 4.79 Å². The quantitative estimate of drug-likeness (QED) is 0.626. The Morgan fingerprint density at radius 3 is 2.86 bits per heavy atom. The number of carboxylic acid groups (broad SMARTS) is 1. The lowest BCUT2D eigenvalue weighted by molar-refractivity contribution is -0.137. The predicted molar refractivity (Wildman–Crippen MR) is 59.4 cm³/mol. The summed E-state index contributed by atoms with van der Waals surface area (Å²) in [5.74, 6) is -0.726. The average Bonchev–Trinajstić information content (AvgIpc) is 2.42. The normalized spacial score (nSPS) is 10.4. The zero-order valence-electron chi connectivity index (χ0n) is 8.02. The number of aryl methyl sites for hydroxylation is 1. The van der Waals surface area contributed by atoms with Crippen molar-refractivity contribution in [3.05, 3.63) is 15.0 Å². The second-order valence-corrected chi connectivity index (χ2v) is 4.65. The van der Waals surface area contributed by atoms with E-state index in [4.69, 9.17) is 17.3 Å². The number of thiazole rings is 1. The number of aromatic nitrogens is 1. The highest BCUT2D eigenvalue weighted by molar-refractivity contribution is 7.73. The molecule has 3 nitrogen and oxygen atoms in total. The van der Waals surface area contributed by atoms with Gasteiger partial charge in [-0.2, -0.15) is 0 Å². The third-order valence-electron chi connectivity index (χ3n) is 2.00. The molecule has 0 amide bonds. The van der Waals surface area contributed by atoms with Crippen LogP contribution in [0.2, 0.25) is 0 Å². The highest BCUT2D eigenvalue weighted by Crippen LogP contribution is 2.11. The van der Waals surface area contributed by atoms with Crippen molar-refractivity contribution in [1.29, 1.82) is 0 Å². The first kappa shape index (κ1) is 11.4. The van der Waals surface area contributed by atoms with E-state index in [2.05, 4.69) is 4.57 Å². The Balaban J connectivity index is 2.38. The highest BCUT2D eigenvalue weighted by atomic mass is 32.1. The van der Waals surface area contributed by atoms with Crippen molar-refractivity contribution in [2.24, 2.45) is 0 Å². The van der Waals surface area contributed by atoms with Gasteiger partial charge in [0.25, 0.3) is 0 Å². The van der Waals surface area contributed by atoms with Gasteiger partial charge in [-0.05, 0) is 32.0 Å². The first-order chi connectivity index (χ1) is 6.61. The number of aliphatic carboxylic acids is 1. The van der Waals surface area contributed by atoms with E-state index in [0.717, 1.165) is 22.6 Å². The van der Waals surface area contributed by atoms with Crippen molar-refractivity contribution in [2.45, 2.75) is 32.7 Å². The summed E-state index contributed by atoms with van der Waals surface area (Å²) in [5.41, 5.74) is 1.16. The molecule has 0 atom stereocenters. The molecule has 0 saturated heterocycles. The number of rotatable bonds is 5. The maximum absolute atomic E-state index is 10.3. The van der Waals surface area contributed by atoms with E-state index in [1.807, 2.05) is 12.3 Å². The lowest BCUT2D eigenvalue weighted by Gasteiger charge is -2.03. The molecule has 0 aliphatic heterocycles. The van der Waals surface area contributed by atoms with Crippen LogP contribution in [0, 0.1) is 10.9 Å². The van der Waals surface area contributed by atoms with Crippen LogP contribution in [0.3, 0.4) is 0 Å². The average molecular weight is 231 g/mol. The topological polar surface area (TPSA) is 42.2 Å².